The van der Waals surface area contributed by atoms with Crippen molar-refractivity contribution in [2.24, 2.45) is 5.92 Å². The molecular weight excluding hydrogens is 230 g/mol. The van der Waals surface area contributed by atoms with Gasteiger partial charge < -0.3 is 15.1 Å². The Labute approximate surface area is 107 Å². The van der Waals surface area contributed by atoms with Gasteiger partial charge in [-0.3, -0.25) is 4.79 Å². The largest absolute Gasteiger partial charge is 0.508 e. The molecule has 1 saturated heterocycles. The SMILES string of the molecule is CC1CN(C(=O)Cc2ccc(O)cc2)CCC1O. The van der Waals surface area contributed by atoms with Gasteiger partial charge in [0.05, 0.1) is 12.5 Å². The van der Waals surface area contributed by atoms with E-state index in [2.05, 4.69) is 0 Å². The van der Waals surface area contributed by atoms with Gasteiger partial charge in [0.25, 0.3) is 0 Å². The van der Waals surface area contributed by atoms with Crippen LogP contribution in [0.5, 0.6) is 5.75 Å². The zero-order valence-electron chi connectivity index (χ0n) is 10.5. The first kappa shape index (κ1) is 12.9. The van der Waals surface area contributed by atoms with Crippen molar-refractivity contribution >= 4 is 5.91 Å². The van der Waals surface area contributed by atoms with Crippen molar-refractivity contribution < 1.29 is 15.0 Å². The topological polar surface area (TPSA) is 60.8 Å². The molecule has 1 fully saturated rings. The van der Waals surface area contributed by atoms with E-state index in [1.807, 2.05) is 11.8 Å². The van der Waals surface area contributed by atoms with Crippen LogP contribution in [0.25, 0.3) is 0 Å². The highest BCUT2D eigenvalue weighted by Crippen LogP contribution is 2.18. The molecule has 2 N–H and O–H groups in total. The van der Waals surface area contributed by atoms with Crippen molar-refractivity contribution in [3.05, 3.63) is 29.8 Å². The average molecular weight is 249 g/mol. The Balaban J connectivity index is 1.94. The van der Waals surface area contributed by atoms with Crippen LogP contribution in [0.2, 0.25) is 0 Å². The van der Waals surface area contributed by atoms with Gasteiger partial charge in [-0.1, -0.05) is 19.1 Å². The van der Waals surface area contributed by atoms with Crippen LogP contribution in [-0.2, 0) is 11.2 Å². The monoisotopic (exact) mass is 249 g/mol. The van der Waals surface area contributed by atoms with Gasteiger partial charge in [-0.2, -0.15) is 0 Å². The van der Waals surface area contributed by atoms with E-state index in [4.69, 9.17) is 0 Å². The minimum atomic E-state index is -0.289. The van der Waals surface area contributed by atoms with Gasteiger partial charge >= 0.3 is 0 Å². The predicted octanol–water partition coefficient (Wildman–Crippen LogP) is 1.16. The number of carbonyl (C=O) groups is 1. The minimum absolute atomic E-state index is 0.0828. The highest BCUT2D eigenvalue weighted by Gasteiger charge is 2.26. The Bertz CT molecular complexity index is 416. The van der Waals surface area contributed by atoms with Crippen molar-refractivity contribution in [2.45, 2.75) is 25.9 Å². The van der Waals surface area contributed by atoms with Gasteiger partial charge in [0.15, 0.2) is 0 Å². The fourth-order valence-corrected chi connectivity index (χ4v) is 2.26. The molecule has 4 nitrogen and oxygen atoms in total. The van der Waals surface area contributed by atoms with E-state index in [0.29, 0.717) is 25.9 Å². The van der Waals surface area contributed by atoms with E-state index in [1.165, 1.54) is 0 Å². The number of hydrogen-bond acceptors (Lipinski definition) is 3. The number of benzene rings is 1. The van der Waals surface area contributed by atoms with E-state index in [0.717, 1.165) is 5.56 Å². The highest BCUT2D eigenvalue weighted by molar-refractivity contribution is 5.78. The Morgan fingerprint density at radius 1 is 1.39 bits per heavy atom. The zero-order valence-corrected chi connectivity index (χ0v) is 10.5. The van der Waals surface area contributed by atoms with E-state index in [1.54, 1.807) is 24.3 Å². The fourth-order valence-electron chi connectivity index (χ4n) is 2.26. The molecule has 1 heterocycles. The summed E-state index contributed by atoms with van der Waals surface area (Å²) in [5, 5.41) is 18.8. The van der Waals surface area contributed by atoms with Crippen molar-refractivity contribution in [2.75, 3.05) is 13.1 Å². The summed E-state index contributed by atoms with van der Waals surface area (Å²) in [6, 6.07) is 6.70. The normalized spacial score (nSPS) is 24.0. The van der Waals surface area contributed by atoms with E-state index in [9.17, 15) is 15.0 Å². The first-order valence-corrected chi connectivity index (χ1v) is 6.30. The van der Waals surface area contributed by atoms with Gasteiger partial charge in [-0.25, -0.2) is 0 Å². The highest BCUT2D eigenvalue weighted by atomic mass is 16.3. The lowest BCUT2D eigenvalue weighted by Gasteiger charge is -2.34. The van der Waals surface area contributed by atoms with Crippen LogP contribution in [-0.4, -0.2) is 40.2 Å². The standard InChI is InChI=1S/C14H19NO3/c1-10-9-15(7-6-13(10)17)14(18)8-11-2-4-12(16)5-3-11/h2-5,10,13,16-17H,6-9H2,1H3. The Hall–Kier alpha value is -1.55. The molecule has 18 heavy (non-hydrogen) atoms. The number of piperidine rings is 1. The number of carbonyl (C=O) groups excluding carboxylic acids is 1. The fraction of sp³-hybridized carbons (Fsp3) is 0.500. The van der Waals surface area contributed by atoms with Gasteiger partial charge in [0.1, 0.15) is 5.75 Å². The molecule has 2 rings (SSSR count). The van der Waals surface area contributed by atoms with Crippen LogP contribution in [0.1, 0.15) is 18.9 Å². The summed E-state index contributed by atoms with van der Waals surface area (Å²) in [5.74, 6) is 0.433. The number of nitrogens with zero attached hydrogens (tertiary/aromatic N) is 1. The second kappa shape index (κ2) is 5.40. The molecule has 0 bridgehead atoms. The van der Waals surface area contributed by atoms with Crippen LogP contribution in [0.15, 0.2) is 24.3 Å². The Morgan fingerprint density at radius 3 is 2.67 bits per heavy atom. The number of aliphatic hydroxyl groups is 1. The third-order valence-electron chi connectivity index (χ3n) is 3.50. The van der Waals surface area contributed by atoms with Gasteiger partial charge in [-0.15, -0.1) is 0 Å². The molecule has 98 valence electrons. The maximum Gasteiger partial charge on any atom is 0.227 e. The van der Waals surface area contributed by atoms with Crippen LogP contribution < -0.4 is 0 Å². The second-order valence-corrected chi connectivity index (χ2v) is 5.02. The lowest BCUT2D eigenvalue weighted by Crippen LogP contribution is -2.45. The molecule has 1 aromatic rings. The number of aromatic hydroxyl groups is 1. The summed E-state index contributed by atoms with van der Waals surface area (Å²) in [6.07, 6.45) is 0.716. The Kier molecular flexibility index (Phi) is 3.87. The third-order valence-corrected chi connectivity index (χ3v) is 3.50. The van der Waals surface area contributed by atoms with E-state index in [-0.39, 0.29) is 23.7 Å². The summed E-state index contributed by atoms with van der Waals surface area (Å²) >= 11 is 0. The first-order valence-electron chi connectivity index (χ1n) is 6.30. The quantitative estimate of drug-likeness (QED) is 0.827. The van der Waals surface area contributed by atoms with Crippen molar-refractivity contribution in [1.29, 1.82) is 0 Å². The third kappa shape index (κ3) is 3.01. The lowest BCUT2D eigenvalue weighted by molar-refractivity contribution is -0.133. The van der Waals surface area contributed by atoms with Crippen LogP contribution in [0, 0.1) is 5.92 Å². The number of rotatable bonds is 2. The number of phenolic OH excluding ortho intramolecular Hbond substituents is 1. The van der Waals surface area contributed by atoms with Crippen LogP contribution in [0.3, 0.4) is 0 Å². The molecule has 0 spiro atoms. The maximum absolute atomic E-state index is 12.1. The molecule has 1 aliphatic rings. The molecule has 0 aliphatic carbocycles. The van der Waals surface area contributed by atoms with Crippen molar-refractivity contribution in [1.82, 2.24) is 4.90 Å². The predicted molar refractivity (Wildman–Crippen MR) is 68.2 cm³/mol. The van der Waals surface area contributed by atoms with Crippen LogP contribution in [0.4, 0.5) is 0 Å². The van der Waals surface area contributed by atoms with Gasteiger partial charge in [0.2, 0.25) is 5.91 Å². The number of likely N-dealkylation sites (tertiary alicyclic amines) is 1. The molecule has 0 aromatic heterocycles. The maximum atomic E-state index is 12.1. The Morgan fingerprint density at radius 2 is 2.06 bits per heavy atom. The molecule has 1 amide bonds. The van der Waals surface area contributed by atoms with E-state index < -0.39 is 0 Å². The number of aliphatic hydroxyl groups excluding tert-OH is 1. The molecule has 1 aliphatic heterocycles. The second-order valence-electron chi connectivity index (χ2n) is 5.02. The number of amides is 1. The minimum Gasteiger partial charge on any atom is -0.508 e. The first-order chi connectivity index (χ1) is 8.56. The number of hydrogen-bond donors (Lipinski definition) is 2. The van der Waals surface area contributed by atoms with Gasteiger partial charge in [0, 0.05) is 13.1 Å². The average Bonchev–Trinajstić information content (AvgIpc) is 2.35. The molecule has 0 radical (unpaired) electrons. The number of phenols is 1. The smallest absolute Gasteiger partial charge is 0.227 e. The molecule has 0 saturated carbocycles. The molecule has 1 aromatic carbocycles. The molecule has 2 atom stereocenters. The lowest BCUT2D eigenvalue weighted by atomic mass is 9.96. The summed E-state index contributed by atoms with van der Waals surface area (Å²) in [5.41, 5.74) is 0.900. The molecular formula is C14H19NO3. The van der Waals surface area contributed by atoms with Crippen LogP contribution >= 0.6 is 0 Å². The van der Waals surface area contributed by atoms with Crippen molar-refractivity contribution in [3.63, 3.8) is 0 Å². The summed E-state index contributed by atoms with van der Waals surface area (Å²) in [4.78, 5) is 13.9. The molecule has 2 unspecified atom stereocenters. The molecule has 4 heteroatoms. The van der Waals surface area contributed by atoms with E-state index >= 15 is 0 Å². The summed E-state index contributed by atoms with van der Waals surface area (Å²) in [7, 11) is 0. The summed E-state index contributed by atoms with van der Waals surface area (Å²) < 4.78 is 0. The van der Waals surface area contributed by atoms with Crippen molar-refractivity contribution in [3.8, 4) is 5.75 Å². The summed E-state index contributed by atoms with van der Waals surface area (Å²) in [6.45, 7) is 3.21. The van der Waals surface area contributed by atoms with Gasteiger partial charge in [-0.05, 0) is 30.0 Å². The zero-order chi connectivity index (χ0) is 13.1.